The summed E-state index contributed by atoms with van der Waals surface area (Å²) in [6.07, 6.45) is -1.36. The second-order valence-electron chi connectivity index (χ2n) is 3.76. The van der Waals surface area contributed by atoms with Gasteiger partial charge in [-0.25, -0.2) is 4.79 Å². The minimum atomic E-state index is -1.36. The molecule has 0 bridgehead atoms. The van der Waals surface area contributed by atoms with E-state index >= 15 is 0 Å². The van der Waals surface area contributed by atoms with Crippen LogP contribution in [0.15, 0.2) is 49.8 Å². The Morgan fingerprint density at radius 1 is 1.00 bits per heavy atom. The summed E-state index contributed by atoms with van der Waals surface area (Å²) in [5.41, 5.74) is 1.35. The Hall–Kier alpha value is -1.05. The van der Waals surface area contributed by atoms with E-state index in [0.717, 1.165) is 19.1 Å². The number of hydrogen-bond donors (Lipinski definition) is 2. The van der Waals surface area contributed by atoms with Gasteiger partial charge in [0.25, 0.3) is 0 Å². The third kappa shape index (κ3) is 3.97. The zero-order chi connectivity index (χ0) is 14.7. The van der Waals surface area contributed by atoms with Crippen molar-refractivity contribution in [3.05, 3.63) is 49.8 Å². The normalized spacial score (nSPS) is 10.2. The quantitative estimate of drug-likeness (QED) is 0.446. The third-order valence-corrected chi connectivity index (χ3v) is 3.98. The van der Waals surface area contributed by atoms with Gasteiger partial charge in [-0.3, -0.25) is 0 Å². The highest BCUT2D eigenvalue weighted by Gasteiger charge is 2.10. The molecule has 4 nitrogen and oxygen atoms in total. The number of nitrogens with one attached hydrogen (secondary N) is 1. The van der Waals surface area contributed by atoms with E-state index in [2.05, 4.69) is 53.1 Å². The van der Waals surface area contributed by atoms with Crippen molar-refractivity contribution >= 4 is 65.3 Å². The summed E-state index contributed by atoms with van der Waals surface area (Å²) in [4.78, 5) is 10.7. The van der Waals surface area contributed by atoms with Crippen molar-refractivity contribution in [2.24, 2.45) is 0 Å². The van der Waals surface area contributed by atoms with Crippen molar-refractivity contribution in [1.82, 2.24) is 0 Å². The van der Waals surface area contributed by atoms with Gasteiger partial charge in [-0.05, 0) is 52.3 Å². The Balaban J connectivity index is 2.35. The van der Waals surface area contributed by atoms with Crippen LogP contribution in [-0.2, 0) is 0 Å². The maximum Gasteiger partial charge on any atom is 0.511 e. The molecule has 104 valence electrons. The van der Waals surface area contributed by atoms with Gasteiger partial charge in [0, 0.05) is 13.4 Å². The lowest BCUT2D eigenvalue weighted by molar-refractivity contribution is 0.144. The molecule has 0 aromatic heterocycles. The van der Waals surface area contributed by atoms with Gasteiger partial charge >= 0.3 is 6.16 Å². The van der Waals surface area contributed by atoms with Gasteiger partial charge in [0.2, 0.25) is 0 Å². The molecule has 0 atom stereocenters. The molecule has 2 rings (SSSR count). The van der Waals surface area contributed by atoms with E-state index in [1.165, 1.54) is 0 Å². The van der Waals surface area contributed by atoms with Crippen LogP contribution in [-0.4, -0.2) is 11.3 Å². The fraction of sp³-hybridized carbons (Fsp3) is 0. The summed E-state index contributed by atoms with van der Waals surface area (Å²) in [7, 11) is 0. The van der Waals surface area contributed by atoms with Crippen LogP contribution in [0.1, 0.15) is 0 Å². The second kappa shape index (κ2) is 6.60. The summed E-state index contributed by atoms with van der Waals surface area (Å²) < 4.78 is 7.27. The van der Waals surface area contributed by atoms with E-state index in [9.17, 15) is 4.79 Å². The van der Waals surface area contributed by atoms with Crippen molar-refractivity contribution in [2.45, 2.75) is 0 Å². The molecule has 0 saturated carbocycles. The molecule has 0 saturated heterocycles. The number of carbonyl (C=O) groups is 1. The van der Waals surface area contributed by atoms with Crippen molar-refractivity contribution < 1.29 is 14.6 Å². The van der Waals surface area contributed by atoms with Gasteiger partial charge in [0.1, 0.15) is 0 Å². The molecule has 2 N–H and O–H groups in total. The molecule has 2 aromatic carbocycles. The van der Waals surface area contributed by atoms with Crippen molar-refractivity contribution in [1.29, 1.82) is 0 Å². The number of benzene rings is 2. The Kier molecular flexibility index (Phi) is 5.06. The SMILES string of the molecule is O=C(O)Oc1cc(Br)ccc1Nc1ccc(Br)cc1Br. The molecule has 0 fully saturated rings. The molecular formula is C13H8Br3NO3. The van der Waals surface area contributed by atoms with Gasteiger partial charge in [0.05, 0.1) is 11.4 Å². The largest absolute Gasteiger partial charge is 0.511 e. The van der Waals surface area contributed by atoms with Crippen LogP contribution in [0, 0.1) is 0 Å². The topological polar surface area (TPSA) is 58.6 Å². The Morgan fingerprint density at radius 3 is 2.20 bits per heavy atom. The van der Waals surface area contributed by atoms with Crippen molar-refractivity contribution in [2.75, 3.05) is 5.32 Å². The van der Waals surface area contributed by atoms with E-state index in [-0.39, 0.29) is 5.75 Å². The summed E-state index contributed by atoms with van der Waals surface area (Å²) in [6, 6.07) is 10.7. The standard InChI is InChI=1S/C13H8Br3NO3/c14-7-1-3-10(9(16)5-7)17-11-4-2-8(15)6-12(11)20-13(18)19/h1-6,17H,(H,18,19). The Labute approximate surface area is 140 Å². The summed E-state index contributed by atoms with van der Waals surface area (Å²) in [5.74, 6) is 0.224. The van der Waals surface area contributed by atoms with E-state index in [1.54, 1.807) is 18.2 Å². The first-order valence-electron chi connectivity index (χ1n) is 5.38. The predicted octanol–water partition coefficient (Wildman–Crippen LogP) is 5.77. The number of rotatable bonds is 3. The minimum absolute atomic E-state index is 0.224. The highest BCUT2D eigenvalue weighted by Crippen LogP contribution is 2.34. The lowest BCUT2D eigenvalue weighted by Gasteiger charge is -2.12. The summed E-state index contributed by atoms with van der Waals surface area (Å²) in [6.45, 7) is 0. The molecule has 0 aliphatic rings. The van der Waals surface area contributed by atoms with Crippen LogP contribution in [0.5, 0.6) is 5.75 Å². The Morgan fingerprint density at radius 2 is 1.60 bits per heavy atom. The predicted molar refractivity (Wildman–Crippen MR) is 87.9 cm³/mol. The third-order valence-electron chi connectivity index (χ3n) is 2.34. The molecule has 7 heteroatoms. The zero-order valence-corrected chi connectivity index (χ0v) is 14.6. The monoisotopic (exact) mass is 463 g/mol. The lowest BCUT2D eigenvalue weighted by atomic mass is 10.2. The smallest absolute Gasteiger partial charge is 0.449 e. The average molecular weight is 466 g/mol. The molecule has 0 unspecified atom stereocenters. The average Bonchev–Trinajstić information content (AvgIpc) is 2.34. The molecular weight excluding hydrogens is 458 g/mol. The van der Waals surface area contributed by atoms with Crippen LogP contribution < -0.4 is 10.1 Å². The first-order valence-corrected chi connectivity index (χ1v) is 7.76. The van der Waals surface area contributed by atoms with E-state index in [0.29, 0.717) is 5.69 Å². The number of carboxylic acid groups (broad SMARTS) is 1. The van der Waals surface area contributed by atoms with E-state index in [4.69, 9.17) is 9.84 Å². The molecule has 0 aliphatic heterocycles. The highest BCUT2D eigenvalue weighted by atomic mass is 79.9. The van der Waals surface area contributed by atoms with Crippen LogP contribution in [0.2, 0.25) is 0 Å². The minimum Gasteiger partial charge on any atom is -0.449 e. The molecule has 0 spiro atoms. The fourth-order valence-electron chi connectivity index (χ4n) is 1.51. The number of anilines is 2. The van der Waals surface area contributed by atoms with Crippen LogP contribution in [0.4, 0.5) is 16.2 Å². The molecule has 2 aromatic rings. The van der Waals surface area contributed by atoms with Crippen LogP contribution >= 0.6 is 47.8 Å². The van der Waals surface area contributed by atoms with Crippen LogP contribution in [0.25, 0.3) is 0 Å². The molecule has 0 amide bonds. The number of halogens is 3. The van der Waals surface area contributed by atoms with E-state index < -0.39 is 6.16 Å². The van der Waals surface area contributed by atoms with Gasteiger partial charge in [-0.15, -0.1) is 0 Å². The van der Waals surface area contributed by atoms with Crippen LogP contribution in [0.3, 0.4) is 0 Å². The fourth-order valence-corrected chi connectivity index (χ4v) is 3.00. The molecule has 20 heavy (non-hydrogen) atoms. The molecule has 0 aliphatic carbocycles. The molecule has 0 radical (unpaired) electrons. The lowest BCUT2D eigenvalue weighted by Crippen LogP contribution is -2.05. The highest BCUT2D eigenvalue weighted by molar-refractivity contribution is 9.11. The first-order chi connectivity index (χ1) is 9.45. The number of ether oxygens (including phenoxy) is 1. The van der Waals surface area contributed by atoms with E-state index in [1.807, 2.05) is 18.2 Å². The summed E-state index contributed by atoms with van der Waals surface area (Å²) >= 11 is 10.1. The van der Waals surface area contributed by atoms with Gasteiger partial charge in [0.15, 0.2) is 5.75 Å². The van der Waals surface area contributed by atoms with Gasteiger partial charge in [-0.1, -0.05) is 31.9 Å². The maximum absolute atomic E-state index is 10.7. The number of hydrogen-bond acceptors (Lipinski definition) is 3. The second-order valence-corrected chi connectivity index (χ2v) is 6.44. The molecule has 0 heterocycles. The zero-order valence-electron chi connectivity index (χ0n) is 9.86. The van der Waals surface area contributed by atoms with Gasteiger partial charge in [-0.2, -0.15) is 0 Å². The first kappa shape index (κ1) is 15.3. The maximum atomic E-state index is 10.7. The Bertz CT molecular complexity index is 661. The van der Waals surface area contributed by atoms with Gasteiger partial charge < -0.3 is 15.2 Å². The van der Waals surface area contributed by atoms with Crippen molar-refractivity contribution in [3.63, 3.8) is 0 Å². The summed E-state index contributed by atoms with van der Waals surface area (Å²) in [5, 5.41) is 11.9. The van der Waals surface area contributed by atoms with Crippen molar-refractivity contribution in [3.8, 4) is 5.75 Å².